The van der Waals surface area contributed by atoms with E-state index < -0.39 is 20.2 Å². The van der Waals surface area contributed by atoms with E-state index >= 15 is 0 Å². The maximum Gasteiger partial charge on any atom is 2.00 e. The van der Waals surface area contributed by atoms with Gasteiger partial charge < -0.3 is 9.11 Å². The summed E-state index contributed by atoms with van der Waals surface area (Å²) < 4.78 is 68.3. The smallest absolute Gasteiger partial charge is 0.744 e. The summed E-state index contributed by atoms with van der Waals surface area (Å²) in [7, 11) is -8.89. The molecule has 0 aromatic carbocycles. The van der Waals surface area contributed by atoms with Gasteiger partial charge in [-0.15, -0.1) is 0 Å². The molecule has 204 valence electrons. The molecule has 0 saturated carbocycles. The van der Waals surface area contributed by atoms with Crippen LogP contribution in [0.3, 0.4) is 0 Å². The molecule has 0 bridgehead atoms. The van der Waals surface area contributed by atoms with Crippen LogP contribution in [0.4, 0.5) is 0 Å². The molecule has 0 fully saturated rings. The first-order valence-corrected chi connectivity index (χ1v) is 15.2. The Bertz CT molecular complexity index is 1530. The first-order valence-electron chi connectivity index (χ1n) is 12.4. The van der Waals surface area contributed by atoms with Crippen molar-refractivity contribution in [1.82, 2.24) is 0 Å². The molecular formula is C30H34MgO6S2. The van der Waals surface area contributed by atoms with Crippen LogP contribution in [0, 0.1) is 27.7 Å². The second kappa shape index (κ2) is 12.2. The Morgan fingerprint density at radius 3 is 1.10 bits per heavy atom. The molecule has 0 heterocycles. The van der Waals surface area contributed by atoms with Crippen LogP contribution in [0.1, 0.15) is 72.9 Å². The fraction of sp³-hybridized carbons (Fsp3) is 0.333. The summed E-state index contributed by atoms with van der Waals surface area (Å²) in [5, 5.41) is 0. The normalized spacial score (nSPS) is 12.0. The van der Waals surface area contributed by atoms with Gasteiger partial charge in [0.05, 0.1) is 9.79 Å². The minimum atomic E-state index is -4.44. The Morgan fingerprint density at radius 2 is 0.846 bits per heavy atom. The first kappa shape index (κ1) is 33.2. The SMILES string of the molecule is Cc1cc(S(=O)(=O)[O-])c2c(C)ccc(C(C)C)cc1-2.Cc1cc(S(=O)(=O)[O-])c2c(C)ccc(C(C)C)cc1-2.[Mg+2]. The standard InChI is InChI=1S/2C15H18O3S.Mg/c2*1-9(2)12-6-5-10(3)15-13(8-12)11(4)7-14(15)19(16,17)18;/h2*5-9H,1-4H3,(H,16,17,18);/q;;+2/p-2. The maximum absolute atomic E-state index is 11.4. The topological polar surface area (TPSA) is 114 Å². The van der Waals surface area contributed by atoms with Crippen molar-refractivity contribution in [3.05, 3.63) is 81.9 Å². The van der Waals surface area contributed by atoms with E-state index in [0.717, 1.165) is 44.5 Å². The van der Waals surface area contributed by atoms with E-state index in [2.05, 4.69) is 27.7 Å². The summed E-state index contributed by atoms with van der Waals surface area (Å²) in [4.78, 5) is -0.216. The number of hydrogen-bond acceptors (Lipinski definition) is 6. The van der Waals surface area contributed by atoms with Crippen LogP contribution in [0.2, 0.25) is 0 Å². The van der Waals surface area contributed by atoms with Crippen molar-refractivity contribution in [2.24, 2.45) is 0 Å². The molecule has 4 aliphatic carbocycles. The molecule has 39 heavy (non-hydrogen) atoms. The Hall–Kier alpha value is -2.01. The molecule has 4 rings (SSSR count). The molecule has 0 saturated heterocycles. The molecule has 0 aromatic rings. The zero-order valence-corrected chi connectivity index (χ0v) is 26.8. The predicted molar refractivity (Wildman–Crippen MR) is 155 cm³/mol. The van der Waals surface area contributed by atoms with E-state index in [-0.39, 0.29) is 32.8 Å². The third-order valence-corrected chi connectivity index (χ3v) is 8.63. The summed E-state index contributed by atoms with van der Waals surface area (Å²) >= 11 is 0. The maximum atomic E-state index is 11.4. The average molecular weight is 579 g/mol. The molecule has 0 unspecified atom stereocenters. The molecule has 0 aromatic heterocycles. The minimum absolute atomic E-state index is 0. The van der Waals surface area contributed by atoms with E-state index in [0.29, 0.717) is 23.0 Å². The monoisotopic (exact) mass is 578 g/mol. The van der Waals surface area contributed by atoms with E-state index in [4.69, 9.17) is 0 Å². The van der Waals surface area contributed by atoms with E-state index in [1.165, 1.54) is 12.1 Å². The van der Waals surface area contributed by atoms with Crippen molar-refractivity contribution >= 4 is 43.3 Å². The largest absolute Gasteiger partial charge is 2.00 e. The molecule has 6 nitrogen and oxygen atoms in total. The van der Waals surface area contributed by atoms with Gasteiger partial charge in [-0.3, -0.25) is 0 Å². The van der Waals surface area contributed by atoms with Crippen LogP contribution >= 0.6 is 0 Å². The number of aryl methyl sites for hydroxylation is 4. The van der Waals surface area contributed by atoms with E-state index in [1.54, 1.807) is 0 Å². The van der Waals surface area contributed by atoms with E-state index in [9.17, 15) is 25.9 Å². The minimum Gasteiger partial charge on any atom is -0.744 e. The van der Waals surface area contributed by atoms with Gasteiger partial charge >= 0.3 is 23.1 Å². The van der Waals surface area contributed by atoms with Crippen LogP contribution in [-0.4, -0.2) is 49.0 Å². The molecule has 0 radical (unpaired) electrons. The van der Waals surface area contributed by atoms with Gasteiger partial charge in [0.2, 0.25) is 0 Å². The van der Waals surface area contributed by atoms with E-state index in [1.807, 2.05) is 64.1 Å². The van der Waals surface area contributed by atoms with Crippen molar-refractivity contribution in [3.63, 3.8) is 0 Å². The fourth-order valence-corrected chi connectivity index (χ4v) is 6.37. The summed E-state index contributed by atoms with van der Waals surface area (Å²) in [5.74, 6) is 0.688. The quantitative estimate of drug-likeness (QED) is 0.202. The van der Waals surface area contributed by atoms with Crippen LogP contribution in [0.15, 0.2) is 58.3 Å². The first-order chi connectivity index (χ1) is 17.4. The molecule has 0 atom stereocenters. The van der Waals surface area contributed by atoms with Gasteiger partial charge in [0, 0.05) is 11.1 Å². The molecule has 0 spiro atoms. The van der Waals surface area contributed by atoms with Crippen LogP contribution in [0.25, 0.3) is 22.3 Å². The zero-order valence-electron chi connectivity index (χ0n) is 23.7. The second-order valence-corrected chi connectivity index (χ2v) is 13.2. The Labute approximate surface area is 249 Å². The summed E-state index contributed by atoms with van der Waals surface area (Å²) in [6, 6.07) is 14.7. The van der Waals surface area contributed by atoms with Crippen molar-refractivity contribution in [2.75, 3.05) is 0 Å². The summed E-state index contributed by atoms with van der Waals surface area (Å²) in [6.07, 6.45) is 0. The van der Waals surface area contributed by atoms with Gasteiger partial charge in [-0.2, -0.15) is 0 Å². The Morgan fingerprint density at radius 1 is 0.538 bits per heavy atom. The average Bonchev–Trinajstić information content (AvgIpc) is 3.15. The zero-order chi connectivity index (χ0) is 28.7. The van der Waals surface area contributed by atoms with Crippen molar-refractivity contribution < 1.29 is 25.9 Å². The fourth-order valence-electron chi connectivity index (χ4n) is 4.69. The van der Waals surface area contributed by atoms with Crippen molar-refractivity contribution in [3.8, 4) is 22.3 Å². The molecule has 0 amide bonds. The number of hydrogen-bond donors (Lipinski definition) is 0. The molecule has 9 heteroatoms. The van der Waals surface area contributed by atoms with Crippen molar-refractivity contribution in [2.45, 2.75) is 77.0 Å². The van der Waals surface area contributed by atoms with Crippen LogP contribution in [-0.2, 0) is 20.2 Å². The Kier molecular flexibility index (Phi) is 10.4. The van der Waals surface area contributed by atoms with Crippen LogP contribution in [0.5, 0.6) is 0 Å². The third kappa shape index (κ3) is 7.20. The third-order valence-electron chi connectivity index (χ3n) is 6.91. The Balaban J connectivity index is 0.000000267. The summed E-state index contributed by atoms with van der Waals surface area (Å²) in [5.41, 5.74) is 8.33. The van der Waals surface area contributed by atoms with Crippen molar-refractivity contribution in [1.29, 1.82) is 0 Å². The van der Waals surface area contributed by atoms with Gasteiger partial charge in [-0.25, -0.2) is 16.8 Å². The summed E-state index contributed by atoms with van der Waals surface area (Å²) in [6.45, 7) is 15.7. The van der Waals surface area contributed by atoms with Gasteiger partial charge in [-0.05, 0) is 96.2 Å². The van der Waals surface area contributed by atoms with Gasteiger partial charge in [0.1, 0.15) is 20.2 Å². The second-order valence-electron chi connectivity index (χ2n) is 10.5. The number of rotatable bonds is 4. The van der Waals surface area contributed by atoms with Crippen LogP contribution < -0.4 is 0 Å². The van der Waals surface area contributed by atoms with Gasteiger partial charge in [0.15, 0.2) is 0 Å². The molecule has 0 N–H and O–H groups in total. The molecule has 0 aliphatic heterocycles. The van der Waals surface area contributed by atoms with Gasteiger partial charge in [-0.1, -0.05) is 64.1 Å². The molecular weight excluding hydrogens is 545 g/mol. The predicted octanol–water partition coefficient (Wildman–Crippen LogP) is 6.49. The molecule has 4 aliphatic rings. The number of fused-ring (bicyclic) bond motifs is 2. The van der Waals surface area contributed by atoms with Gasteiger partial charge in [0.25, 0.3) is 0 Å².